The molecule has 2 unspecified atom stereocenters. The summed E-state index contributed by atoms with van der Waals surface area (Å²) in [5.41, 5.74) is 1.77. The number of amides is 2. The Morgan fingerprint density at radius 2 is 2.00 bits per heavy atom. The van der Waals surface area contributed by atoms with Crippen molar-refractivity contribution in [2.24, 2.45) is 11.8 Å². The standard InChI is InChI=1S/C18H24N4O2/c1-12-10-13(12)11-19-17(23)21-8-6-14(7-9-21)22-16-5-3-2-4-15(16)20-18(22)24/h2-5,12-14H,6-11H2,1H3,(H,19,23)(H,20,24). The normalized spacial score (nSPS) is 24.3. The van der Waals surface area contributed by atoms with Gasteiger partial charge in [-0.3, -0.25) is 4.57 Å². The maximum absolute atomic E-state index is 12.3. The number of hydrogen-bond donors (Lipinski definition) is 2. The molecule has 0 bridgehead atoms. The highest BCUT2D eigenvalue weighted by Crippen LogP contribution is 2.36. The highest BCUT2D eigenvalue weighted by Gasteiger charge is 2.33. The molecule has 1 saturated heterocycles. The van der Waals surface area contributed by atoms with Crippen LogP contribution in [0.3, 0.4) is 0 Å². The van der Waals surface area contributed by atoms with E-state index in [1.165, 1.54) is 6.42 Å². The van der Waals surface area contributed by atoms with Crippen LogP contribution >= 0.6 is 0 Å². The zero-order valence-corrected chi connectivity index (χ0v) is 14.0. The van der Waals surface area contributed by atoms with Crippen molar-refractivity contribution in [2.75, 3.05) is 19.6 Å². The molecule has 6 nitrogen and oxygen atoms in total. The Labute approximate surface area is 140 Å². The summed E-state index contributed by atoms with van der Waals surface area (Å²) in [7, 11) is 0. The minimum Gasteiger partial charge on any atom is -0.338 e. The fraction of sp³-hybridized carbons (Fsp3) is 0.556. The average molecular weight is 328 g/mol. The molecule has 2 aliphatic rings. The molecule has 6 heteroatoms. The van der Waals surface area contributed by atoms with Gasteiger partial charge in [0.25, 0.3) is 0 Å². The lowest BCUT2D eigenvalue weighted by atomic mass is 10.0. The molecule has 0 radical (unpaired) electrons. The topological polar surface area (TPSA) is 70.1 Å². The van der Waals surface area contributed by atoms with Crippen LogP contribution in [0.2, 0.25) is 0 Å². The third-order valence-electron chi connectivity index (χ3n) is 5.53. The molecule has 128 valence electrons. The van der Waals surface area contributed by atoms with Crippen LogP contribution in [-0.2, 0) is 0 Å². The van der Waals surface area contributed by atoms with Crippen LogP contribution in [0.4, 0.5) is 4.79 Å². The van der Waals surface area contributed by atoms with Crippen molar-refractivity contribution in [3.8, 4) is 0 Å². The second-order valence-corrected chi connectivity index (χ2v) is 7.19. The highest BCUT2D eigenvalue weighted by atomic mass is 16.2. The molecule has 1 aliphatic heterocycles. The average Bonchev–Trinajstić information content (AvgIpc) is 3.19. The van der Waals surface area contributed by atoms with E-state index in [2.05, 4.69) is 17.2 Å². The van der Waals surface area contributed by atoms with Gasteiger partial charge in [-0.25, -0.2) is 9.59 Å². The number of nitrogens with one attached hydrogen (secondary N) is 2. The molecule has 2 aromatic rings. The molecule has 2 N–H and O–H groups in total. The summed E-state index contributed by atoms with van der Waals surface area (Å²) in [5, 5.41) is 3.05. The van der Waals surface area contributed by atoms with E-state index < -0.39 is 0 Å². The van der Waals surface area contributed by atoms with E-state index in [4.69, 9.17) is 0 Å². The Morgan fingerprint density at radius 3 is 2.71 bits per heavy atom. The van der Waals surface area contributed by atoms with Crippen molar-refractivity contribution in [3.63, 3.8) is 0 Å². The molecule has 1 aliphatic carbocycles. The second-order valence-electron chi connectivity index (χ2n) is 7.19. The van der Waals surface area contributed by atoms with Crippen LogP contribution in [0.1, 0.15) is 32.2 Å². The highest BCUT2D eigenvalue weighted by molar-refractivity contribution is 5.75. The minimum atomic E-state index is -0.0539. The number of rotatable bonds is 3. The van der Waals surface area contributed by atoms with Gasteiger partial charge in [0.2, 0.25) is 0 Å². The van der Waals surface area contributed by atoms with Gasteiger partial charge in [-0.1, -0.05) is 19.1 Å². The number of imidazole rings is 1. The van der Waals surface area contributed by atoms with Gasteiger partial charge in [0.05, 0.1) is 11.0 Å². The lowest BCUT2D eigenvalue weighted by molar-refractivity contribution is 0.171. The van der Waals surface area contributed by atoms with Crippen LogP contribution < -0.4 is 11.0 Å². The van der Waals surface area contributed by atoms with E-state index in [0.29, 0.717) is 19.0 Å². The summed E-state index contributed by atoms with van der Waals surface area (Å²) < 4.78 is 1.86. The predicted molar refractivity (Wildman–Crippen MR) is 93.1 cm³/mol. The summed E-state index contributed by atoms with van der Waals surface area (Å²) in [4.78, 5) is 29.3. The third-order valence-corrected chi connectivity index (χ3v) is 5.53. The van der Waals surface area contributed by atoms with Crippen molar-refractivity contribution in [1.29, 1.82) is 0 Å². The first-order valence-electron chi connectivity index (χ1n) is 8.85. The van der Waals surface area contributed by atoms with Gasteiger partial charge >= 0.3 is 11.7 Å². The number of carbonyl (C=O) groups excluding carboxylic acids is 1. The van der Waals surface area contributed by atoms with Gasteiger partial charge < -0.3 is 15.2 Å². The fourth-order valence-corrected chi connectivity index (χ4v) is 3.78. The molecule has 1 aromatic heterocycles. The number of fused-ring (bicyclic) bond motifs is 1. The van der Waals surface area contributed by atoms with Crippen molar-refractivity contribution in [3.05, 3.63) is 34.7 Å². The number of carbonyl (C=O) groups is 1. The van der Waals surface area contributed by atoms with Gasteiger partial charge in [0.1, 0.15) is 0 Å². The maximum atomic E-state index is 12.3. The van der Waals surface area contributed by atoms with E-state index >= 15 is 0 Å². The number of aromatic nitrogens is 2. The summed E-state index contributed by atoms with van der Waals surface area (Å²) >= 11 is 0. The van der Waals surface area contributed by atoms with E-state index in [0.717, 1.165) is 36.3 Å². The van der Waals surface area contributed by atoms with Crippen LogP contribution in [-0.4, -0.2) is 40.1 Å². The number of aromatic amines is 1. The van der Waals surface area contributed by atoms with Crippen molar-refractivity contribution >= 4 is 17.1 Å². The molecule has 1 saturated carbocycles. The van der Waals surface area contributed by atoms with Gasteiger partial charge in [0, 0.05) is 25.7 Å². The number of likely N-dealkylation sites (tertiary alicyclic amines) is 1. The minimum absolute atomic E-state index is 0.0406. The van der Waals surface area contributed by atoms with Crippen molar-refractivity contribution in [2.45, 2.75) is 32.2 Å². The Kier molecular flexibility index (Phi) is 3.82. The summed E-state index contributed by atoms with van der Waals surface area (Å²) in [6.07, 6.45) is 2.86. The molecule has 4 rings (SSSR count). The molecule has 2 fully saturated rings. The fourth-order valence-electron chi connectivity index (χ4n) is 3.78. The Balaban J connectivity index is 1.39. The molecule has 2 atom stereocenters. The van der Waals surface area contributed by atoms with Gasteiger partial charge in [0.15, 0.2) is 0 Å². The number of piperidine rings is 1. The first-order valence-corrected chi connectivity index (χ1v) is 8.85. The van der Waals surface area contributed by atoms with E-state index in [9.17, 15) is 9.59 Å². The molecule has 2 heterocycles. The Bertz CT molecular complexity index is 801. The molecule has 0 spiro atoms. The summed E-state index contributed by atoms with van der Waals surface area (Å²) in [6.45, 7) is 4.41. The third kappa shape index (κ3) is 2.81. The van der Waals surface area contributed by atoms with Crippen molar-refractivity contribution in [1.82, 2.24) is 19.8 Å². The predicted octanol–water partition coefficient (Wildman–Crippen LogP) is 2.33. The lowest BCUT2D eigenvalue weighted by Crippen LogP contribution is -2.46. The SMILES string of the molecule is CC1CC1CNC(=O)N1CCC(n2c(=O)[nH]c3ccccc32)CC1. The van der Waals surface area contributed by atoms with E-state index in [-0.39, 0.29) is 17.8 Å². The zero-order valence-electron chi connectivity index (χ0n) is 14.0. The maximum Gasteiger partial charge on any atom is 0.326 e. The smallest absolute Gasteiger partial charge is 0.326 e. The Morgan fingerprint density at radius 1 is 1.29 bits per heavy atom. The number of hydrogen-bond acceptors (Lipinski definition) is 2. The summed E-state index contributed by atoms with van der Waals surface area (Å²) in [5.74, 6) is 1.42. The van der Waals surface area contributed by atoms with E-state index in [1.54, 1.807) is 0 Å². The number of nitrogens with zero attached hydrogens (tertiary/aromatic N) is 2. The first kappa shape index (κ1) is 15.3. The quantitative estimate of drug-likeness (QED) is 0.908. The van der Waals surface area contributed by atoms with E-state index in [1.807, 2.05) is 33.7 Å². The van der Waals surface area contributed by atoms with Gasteiger partial charge in [-0.15, -0.1) is 0 Å². The number of H-pyrrole nitrogens is 1. The molecule has 1 aromatic carbocycles. The van der Waals surface area contributed by atoms with Crippen LogP contribution in [0.5, 0.6) is 0 Å². The number of benzene rings is 1. The summed E-state index contributed by atoms with van der Waals surface area (Å²) in [6, 6.07) is 7.97. The second kappa shape index (κ2) is 6.00. The van der Waals surface area contributed by atoms with Crippen LogP contribution in [0.25, 0.3) is 11.0 Å². The largest absolute Gasteiger partial charge is 0.338 e. The first-order chi connectivity index (χ1) is 11.6. The van der Waals surface area contributed by atoms with Crippen molar-refractivity contribution < 1.29 is 4.79 Å². The lowest BCUT2D eigenvalue weighted by Gasteiger charge is -2.32. The van der Waals surface area contributed by atoms with Gasteiger partial charge in [-0.2, -0.15) is 0 Å². The van der Waals surface area contributed by atoms with Gasteiger partial charge in [-0.05, 0) is 43.2 Å². The molecular weight excluding hydrogens is 304 g/mol. The number of urea groups is 1. The monoisotopic (exact) mass is 328 g/mol. The molecule has 24 heavy (non-hydrogen) atoms. The zero-order chi connectivity index (χ0) is 16.7. The molecular formula is C18H24N4O2. The van der Waals surface area contributed by atoms with Crippen LogP contribution in [0.15, 0.2) is 29.1 Å². The Hall–Kier alpha value is -2.24. The molecule has 2 amide bonds. The number of para-hydroxylation sites is 2. The van der Waals surface area contributed by atoms with Crippen LogP contribution in [0, 0.1) is 11.8 Å².